The quantitative estimate of drug-likeness (QED) is 0.537. The molecule has 1 aliphatic rings. The largest absolute Gasteiger partial charge is 0.389 e. The first-order chi connectivity index (χ1) is 14.8. The molecule has 1 atom stereocenters. The standard InChI is InChI=1S/C23H32ClN3O4/c1-16-11-21(26-27(16)13-18(28)14-31-2)17-7-8-20(24)19(12-17)22(29)25-15-23(30)9-5-3-4-6-10-23/h7-8,11-12,18,28,30H,3-6,9-10,13-15H2,1-2H3,(H,25,29). The van der Waals surface area contributed by atoms with E-state index in [0.29, 0.717) is 35.7 Å². The first-order valence-corrected chi connectivity index (χ1v) is 11.2. The van der Waals surface area contributed by atoms with Crippen LogP contribution in [0.5, 0.6) is 0 Å². The lowest BCUT2D eigenvalue weighted by Crippen LogP contribution is -2.42. The molecule has 1 heterocycles. The van der Waals surface area contributed by atoms with Crippen molar-refractivity contribution in [2.24, 2.45) is 0 Å². The third kappa shape index (κ3) is 6.29. The molecule has 1 aliphatic carbocycles. The molecule has 0 spiro atoms. The number of nitrogens with zero attached hydrogens (tertiary/aromatic N) is 2. The van der Waals surface area contributed by atoms with E-state index in [0.717, 1.165) is 36.9 Å². The van der Waals surface area contributed by atoms with Gasteiger partial charge in [-0.2, -0.15) is 5.10 Å². The summed E-state index contributed by atoms with van der Waals surface area (Å²) in [4.78, 5) is 12.8. The summed E-state index contributed by atoms with van der Waals surface area (Å²) in [6.07, 6.45) is 4.95. The van der Waals surface area contributed by atoms with E-state index in [1.165, 1.54) is 0 Å². The van der Waals surface area contributed by atoms with Crippen LogP contribution >= 0.6 is 11.6 Å². The Bertz CT molecular complexity index is 891. The zero-order valence-electron chi connectivity index (χ0n) is 18.2. The summed E-state index contributed by atoms with van der Waals surface area (Å²) >= 11 is 6.31. The molecule has 31 heavy (non-hydrogen) atoms. The molecule has 3 rings (SSSR count). The minimum absolute atomic E-state index is 0.220. The highest BCUT2D eigenvalue weighted by Gasteiger charge is 2.28. The van der Waals surface area contributed by atoms with Crippen LogP contribution in [0, 0.1) is 6.92 Å². The Morgan fingerprint density at radius 3 is 2.68 bits per heavy atom. The van der Waals surface area contributed by atoms with Crippen LogP contribution in [0.4, 0.5) is 0 Å². The fourth-order valence-corrected chi connectivity index (χ4v) is 4.25. The molecular weight excluding hydrogens is 418 g/mol. The zero-order chi connectivity index (χ0) is 22.4. The Kier molecular flexibility index (Phi) is 8.11. The molecule has 0 aliphatic heterocycles. The average Bonchev–Trinajstić information content (AvgIpc) is 2.95. The van der Waals surface area contributed by atoms with Crippen molar-refractivity contribution in [1.82, 2.24) is 15.1 Å². The Labute approximate surface area is 188 Å². The summed E-state index contributed by atoms with van der Waals surface area (Å²) in [5.74, 6) is -0.309. The number of amides is 1. The predicted octanol–water partition coefficient (Wildman–Crippen LogP) is 3.33. The van der Waals surface area contributed by atoms with Crippen molar-refractivity contribution in [3.63, 3.8) is 0 Å². The van der Waals surface area contributed by atoms with Gasteiger partial charge in [0.1, 0.15) is 0 Å². The second kappa shape index (κ2) is 10.6. The Morgan fingerprint density at radius 2 is 2.00 bits per heavy atom. The number of carbonyl (C=O) groups excluding carboxylic acids is 1. The molecule has 2 aromatic rings. The number of hydrogen-bond acceptors (Lipinski definition) is 5. The topological polar surface area (TPSA) is 96.6 Å². The van der Waals surface area contributed by atoms with Gasteiger partial charge in [-0.1, -0.05) is 43.4 Å². The number of hydrogen-bond donors (Lipinski definition) is 3. The molecule has 7 nitrogen and oxygen atoms in total. The van der Waals surface area contributed by atoms with Gasteiger partial charge in [0.15, 0.2) is 0 Å². The number of aliphatic hydroxyl groups excluding tert-OH is 1. The SMILES string of the molecule is COCC(O)Cn1nc(-c2ccc(Cl)c(C(=O)NCC3(O)CCCCCC3)c2)cc1C. The zero-order valence-corrected chi connectivity index (χ0v) is 19.0. The lowest BCUT2D eigenvalue weighted by atomic mass is 9.94. The maximum Gasteiger partial charge on any atom is 0.252 e. The fraction of sp³-hybridized carbons (Fsp3) is 0.565. The van der Waals surface area contributed by atoms with Gasteiger partial charge in [0.05, 0.1) is 41.1 Å². The normalized spacial score (nSPS) is 17.2. The molecular formula is C23H32ClN3O4. The van der Waals surface area contributed by atoms with Crippen LogP contribution in [0.2, 0.25) is 5.02 Å². The Morgan fingerprint density at radius 1 is 1.29 bits per heavy atom. The number of nitrogens with one attached hydrogen (secondary N) is 1. The number of ether oxygens (including phenoxy) is 1. The highest BCUT2D eigenvalue weighted by molar-refractivity contribution is 6.34. The van der Waals surface area contributed by atoms with Gasteiger partial charge in [0.25, 0.3) is 5.91 Å². The first-order valence-electron chi connectivity index (χ1n) is 10.8. The van der Waals surface area contributed by atoms with Gasteiger partial charge in [-0.3, -0.25) is 9.48 Å². The average molecular weight is 450 g/mol. The van der Waals surface area contributed by atoms with E-state index in [-0.39, 0.29) is 19.1 Å². The molecule has 8 heteroatoms. The van der Waals surface area contributed by atoms with Gasteiger partial charge in [-0.25, -0.2) is 0 Å². The van der Waals surface area contributed by atoms with E-state index < -0.39 is 11.7 Å². The highest BCUT2D eigenvalue weighted by atomic mass is 35.5. The number of halogens is 1. The minimum Gasteiger partial charge on any atom is -0.389 e. The van der Waals surface area contributed by atoms with E-state index in [1.807, 2.05) is 19.1 Å². The van der Waals surface area contributed by atoms with Gasteiger partial charge in [-0.05, 0) is 38.0 Å². The van der Waals surface area contributed by atoms with Crippen molar-refractivity contribution in [1.29, 1.82) is 0 Å². The molecule has 1 aromatic heterocycles. The van der Waals surface area contributed by atoms with E-state index in [2.05, 4.69) is 10.4 Å². The van der Waals surface area contributed by atoms with Crippen LogP contribution in [-0.2, 0) is 11.3 Å². The predicted molar refractivity (Wildman–Crippen MR) is 120 cm³/mol. The Balaban J connectivity index is 1.73. The number of rotatable bonds is 8. The third-order valence-corrected chi connectivity index (χ3v) is 6.17. The molecule has 1 saturated carbocycles. The second-order valence-corrected chi connectivity index (χ2v) is 8.89. The molecule has 3 N–H and O–H groups in total. The van der Waals surface area contributed by atoms with Crippen LogP contribution < -0.4 is 5.32 Å². The maximum absolute atomic E-state index is 12.8. The summed E-state index contributed by atoms with van der Waals surface area (Å²) in [7, 11) is 1.54. The van der Waals surface area contributed by atoms with Crippen molar-refractivity contribution in [3.05, 3.63) is 40.5 Å². The summed E-state index contributed by atoms with van der Waals surface area (Å²) in [6, 6.07) is 7.11. The smallest absolute Gasteiger partial charge is 0.252 e. The van der Waals surface area contributed by atoms with E-state index in [4.69, 9.17) is 16.3 Å². The molecule has 170 valence electrons. The van der Waals surface area contributed by atoms with Crippen molar-refractivity contribution in [3.8, 4) is 11.3 Å². The van der Waals surface area contributed by atoms with E-state index in [1.54, 1.807) is 23.9 Å². The number of methoxy groups -OCH3 is 1. The summed E-state index contributed by atoms with van der Waals surface area (Å²) < 4.78 is 6.69. The van der Waals surface area contributed by atoms with Gasteiger partial charge >= 0.3 is 0 Å². The van der Waals surface area contributed by atoms with Gasteiger partial charge < -0.3 is 20.3 Å². The maximum atomic E-state index is 12.8. The third-order valence-electron chi connectivity index (χ3n) is 5.84. The van der Waals surface area contributed by atoms with E-state index in [9.17, 15) is 15.0 Å². The van der Waals surface area contributed by atoms with E-state index >= 15 is 0 Å². The van der Waals surface area contributed by atoms with Crippen LogP contribution in [0.1, 0.15) is 54.6 Å². The van der Waals surface area contributed by atoms with Crippen LogP contribution in [0.3, 0.4) is 0 Å². The summed E-state index contributed by atoms with van der Waals surface area (Å²) in [5, 5.41) is 28.6. The van der Waals surface area contributed by atoms with Crippen LogP contribution in [0.15, 0.2) is 24.3 Å². The first kappa shape index (κ1) is 23.7. The Hall–Kier alpha value is -1.93. The van der Waals surface area contributed by atoms with Gasteiger partial charge in [0, 0.05) is 24.9 Å². The minimum atomic E-state index is -0.852. The fourth-order valence-electron chi connectivity index (χ4n) is 4.04. The molecule has 0 radical (unpaired) electrons. The molecule has 0 saturated heterocycles. The van der Waals surface area contributed by atoms with Crippen molar-refractivity contribution in [2.75, 3.05) is 20.3 Å². The molecule has 1 fully saturated rings. The second-order valence-electron chi connectivity index (χ2n) is 8.48. The van der Waals surface area contributed by atoms with Crippen LogP contribution in [0.25, 0.3) is 11.3 Å². The monoisotopic (exact) mass is 449 g/mol. The molecule has 1 aromatic carbocycles. The highest BCUT2D eigenvalue weighted by Crippen LogP contribution is 2.28. The molecule has 1 amide bonds. The number of aryl methyl sites for hydroxylation is 1. The lowest BCUT2D eigenvalue weighted by Gasteiger charge is -2.26. The number of benzene rings is 1. The number of aromatic nitrogens is 2. The summed E-state index contributed by atoms with van der Waals surface area (Å²) in [6.45, 7) is 2.68. The van der Waals surface area contributed by atoms with Crippen molar-refractivity contribution >= 4 is 17.5 Å². The van der Waals surface area contributed by atoms with Crippen LogP contribution in [-0.4, -0.2) is 57.9 Å². The molecule has 1 unspecified atom stereocenters. The van der Waals surface area contributed by atoms with Gasteiger partial charge in [-0.15, -0.1) is 0 Å². The lowest BCUT2D eigenvalue weighted by molar-refractivity contribution is 0.0246. The van der Waals surface area contributed by atoms with Gasteiger partial charge in [0.2, 0.25) is 0 Å². The molecule has 0 bridgehead atoms. The number of carbonyl (C=O) groups is 1. The number of aliphatic hydroxyl groups is 2. The van der Waals surface area contributed by atoms with Crippen molar-refractivity contribution < 1.29 is 19.7 Å². The summed E-state index contributed by atoms with van der Waals surface area (Å²) in [5.41, 5.74) is 1.83. The van der Waals surface area contributed by atoms with Crippen molar-refractivity contribution in [2.45, 2.75) is 63.7 Å².